The van der Waals surface area contributed by atoms with Gasteiger partial charge in [-0.3, -0.25) is 0 Å². The summed E-state index contributed by atoms with van der Waals surface area (Å²) in [5, 5.41) is 3.97. The molecule has 0 heterocycles. The van der Waals surface area contributed by atoms with Crippen LogP contribution in [0.15, 0.2) is 5.10 Å². The molecule has 0 saturated heterocycles. The van der Waals surface area contributed by atoms with E-state index in [9.17, 15) is 4.79 Å². The summed E-state index contributed by atoms with van der Waals surface area (Å²) in [6.07, 6.45) is 0. The molecule has 0 bridgehead atoms. The normalized spacial score (nSPS) is 24.5. The first-order chi connectivity index (χ1) is 6.21. The van der Waals surface area contributed by atoms with Crippen LogP contribution in [0.25, 0.3) is 0 Å². The van der Waals surface area contributed by atoms with E-state index in [1.807, 2.05) is 6.92 Å². The van der Waals surface area contributed by atoms with Gasteiger partial charge >= 0.3 is 6.03 Å². The van der Waals surface area contributed by atoms with Crippen molar-refractivity contribution in [3.05, 3.63) is 0 Å². The number of carbonyl (C=O) groups excluding carboxylic acids is 1. The van der Waals surface area contributed by atoms with Gasteiger partial charge in [0.1, 0.15) is 0 Å². The Morgan fingerprint density at radius 3 is 2.00 bits per heavy atom. The van der Waals surface area contributed by atoms with Crippen molar-refractivity contribution in [1.29, 1.82) is 0 Å². The number of hydrogen-bond acceptors (Lipinski definition) is 2. The molecule has 1 saturated carbocycles. The summed E-state index contributed by atoms with van der Waals surface area (Å²) in [6.45, 7) is 10.8. The summed E-state index contributed by atoms with van der Waals surface area (Å²) in [5.41, 5.74) is 8.65. The van der Waals surface area contributed by atoms with Crippen LogP contribution in [0.3, 0.4) is 0 Å². The van der Waals surface area contributed by atoms with E-state index >= 15 is 0 Å². The number of nitrogens with zero attached hydrogens (tertiary/aromatic N) is 1. The minimum atomic E-state index is -0.611. The topological polar surface area (TPSA) is 67.5 Å². The highest BCUT2D eigenvalue weighted by molar-refractivity contribution is 5.90. The molecular formula is C10H19N3O. The molecule has 0 aromatic carbocycles. The van der Waals surface area contributed by atoms with Crippen molar-refractivity contribution in [3.63, 3.8) is 0 Å². The van der Waals surface area contributed by atoms with E-state index in [1.165, 1.54) is 0 Å². The summed E-state index contributed by atoms with van der Waals surface area (Å²) in [6, 6.07) is -0.611. The van der Waals surface area contributed by atoms with Gasteiger partial charge in [0.2, 0.25) is 0 Å². The third-order valence-electron chi connectivity index (χ3n) is 3.78. The third kappa shape index (κ3) is 1.49. The number of hydrogen-bond donors (Lipinski definition) is 2. The number of amides is 2. The Labute approximate surface area is 84.9 Å². The van der Waals surface area contributed by atoms with Gasteiger partial charge in [0.15, 0.2) is 0 Å². The molecule has 0 spiro atoms. The molecule has 1 aliphatic rings. The van der Waals surface area contributed by atoms with Crippen LogP contribution >= 0.6 is 0 Å². The van der Waals surface area contributed by atoms with Gasteiger partial charge in [0.25, 0.3) is 0 Å². The summed E-state index contributed by atoms with van der Waals surface area (Å²) < 4.78 is 0. The minimum absolute atomic E-state index is 0.250. The Morgan fingerprint density at radius 2 is 1.71 bits per heavy atom. The van der Waals surface area contributed by atoms with E-state index < -0.39 is 6.03 Å². The molecule has 3 N–H and O–H groups in total. The average Bonchev–Trinajstić information content (AvgIpc) is 2.39. The predicted octanol–water partition coefficient (Wildman–Crippen LogP) is 1.71. The number of nitrogens with one attached hydrogen (secondary N) is 1. The number of primary amides is 1. The Kier molecular flexibility index (Phi) is 2.34. The molecule has 14 heavy (non-hydrogen) atoms. The number of hydrazone groups is 1. The minimum Gasteiger partial charge on any atom is -0.350 e. The molecule has 1 rings (SSSR count). The molecule has 1 aliphatic carbocycles. The second-order valence-electron chi connectivity index (χ2n) is 5.11. The Morgan fingerprint density at radius 1 is 1.29 bits per heavy atom. The largest absolute Gasteiger partial charge is 0.350 e. The zero-order chi connectivity index (χ0) is 11.1. The summed E-state index contributed by atoms with van der Waals surface area (Å²) >= 11 is 0. The lowest BCUT2D eigenvalue weighted by atomic mass is 10.0. The summed E-state index contributed by atoms with van der Waals surface area (Å²) in [7, 11) is 0. The lowest BCUT2D eigenvalue weighted by molar-refractivity contribution is 0.249. The lowest BCUT2D eigenvalue weighted by Gasteiger charge is -2.03. The molecule has 0 unspecified atom stereocenters. The molecule has 0 radical (unpaired) electrons. The fourth-order valence-electron chi connectivity index (χ4n) is 2.45. The molecule has 80 valence electrons. The van der Waals surface area contributed by atoms with Gasteiger partial charge < -0.3 is 5.73 Å². The van der Waals surface area contributed by atoms with E-state index in [2.05, 4.69) is 38.2 Å². The van der Waals surface area contributed by atoms with Crippen molar-refractivity contribution < 1.29 is 4.79 Å². The van der Waals surface area contributed by atoms with Crippen LogP contribution in [0.4, 0.5) is 4.79 Å². The van der Waals surface area contributed by atoms with Crippen LogP contribution in [-0.4, -0.2) is 11.7 Å². The SMILES string of the molecule is C/C(=N/NC(N)=O)C1C(C)(C)C1(C)C. The smallest absolute Gasteiger partial charge is 0.332 e. The Balaban J connectivity index is 2.70. The van der Waals surface area contributed by atoms with Gasteiger partial charge in [-0.2, -0.15) is 5.10 Å². The molecule has 0 aliphatic heterocycles. The third-order valence-corrected chi connectivity index (χ3v) is 3.78. The van der Waals surface area contributed by atoms with Gasteiger partial charge in [-0.15, -0.1) is 0 Å². The lowest BCUT2D eigenvalue weighted by Crippen LogP contribution is -2.26. The van der Waals surface area contributed by atoms with Crippen LogP contribution in [0, 0.1) is 16.7 Å². The van der Waals surface area contributed by atoms with Crippen molar-refractivity contribution in [3.8, 4) is 0 Å². The van der Waals surface area contributed by atoms with Gasteiger partial charge in [-0.25, -0.2) is 10.2 Å². The predicted molar refractivity (Wildman–Crippen MR) is 56.9 cm³/mol. The monoisotopic (exact) mass is 197 g/mol. The van der Waals surface area contributed by atoms with E-state index in [0.29, 0.717) is 5.92 Å². The van der Waals surface area contributed by atoms with Crippen LogP contribution in [0.2, 0.25) is 0 Å². The van der Waals surface area contributed by atoms with Crippen LogP contribution in [0.1, 0.15) is 34.6 Å². The highest BCUT2D eigenvalue weighted by Crippen LogP contribution is 2.68. The number of carbonyl (C=O) groups is 1. The van der Waals surface area contributed by atoms with Crippen LogP contribution in [0.5, 0.6) is 0 Å². The standard InChI is InChI=1S/C10H19N3O/c1-6(12-13-8(11)14)7-9(2,3)10(7,4)5/h7H,1-5H3,(H3,11,13,14)/b12-6-. The number of rotatable bonds is 2. The van der Waals surface area contributed by atoms with Crippen LogP contribution < -0.4 is 11.2 Å². The molecule has 0 atom stereocenters. The maximum Gasteiger partial charge on any atom is 0.332 e. The van der Waals surface area contributed by atoms with Crippen molar-refractivity contribution in [2.24, 2.45) is 27.6 Å². The average molecular weight is 197 g/mol. The highest BCUT2D eigenvalue weighted by Gasteiger charge is 2.65. The fraction of sp³-hybridized carbons (Fsp3) is 0.800. The van der Waals surface area contributed by atoms with Crippen molar-refractivity contribution in [1.82, 2.24) is 5.43 Å². The molecule has 2 amide bonds. The van der Waals surface area contributed by atoms with Gasteiger partial charge in [0.05, 0.1) is 0 Å². The van der Waals surface area contributed by atoms with Gasteiger partial charge in [-0.05, 0) is 17.8 Å². The zero-order valence-corrected chi connectivity index (χ0v) is 9.51. The van der Waals surface area contributed by atoms with Gasteiger partial charge in [0, 0.05) is 11.6 Å². The maximum absolute atomic E-state index is 10.5. The van der Waals surface area contributed by atoms with Crippen LogP contribution in [-0.2, 0) is 0 Å². The molecule has 0 aromatic heterocycles. The first kappa shape index (κ1) is 11.0. The zero-order valence-electron chi connectivity index (χ0n) is 9.51. The van der Waals surface area contributed by atoms with E-state index in [1.54, 1.807) is 0 Å². The molecular weight excluding hydrogens is 178 g/mol. The maximum atomic E-state index is 10.5. The highest BCUT2D eigenvalue weighted by atomic mass is 16.2. The quantitative estimate of drug-likeness (QED) is 0.513. The van der Waals surface area contributed by atoms with Crippen molar-refractivity contribution in [2.75, 3.05) is 0 Å². The first-order valence-corrected chi connectivity index (χ1v) is 4.81. The first-order valence-electron chi connectivity index (χ1n) is 4.81. The second-order valence-corrected chi connectivity index (χ2v) is 5.11. The molecule has 4 nitrogen and oxygen atoms in total. The fourth-order valence-corrected chi connectivity index (χ4v) is 2.45. The van der Waals surface area contributed by atoms with Gasteiger partial charge in [-0.1, -0.05) is 27.7 Å². The van der Waals surface area contributed by atoms with Crippen molar-refractivity contribution >= 4 is 11.7 Å². The van der Waals surface area contributed by atoms with E-state index in [0.717, 1.165) is 5.71 Å². The van der Waals surface area contributed by atoms with E-state index in [4.69, 9.17) is 5.73 Å². The summed E-state index contributed by atoms with van der Waals surface area (Å²) in [4.78, 5) is 10.5. The Hall–Kier alpha value is -1.06. The number of urea groups is 1. The molecule has 1 fully saturated rings. The summed E-state index contributed by atoms with van der Waals surface area (Å²) in [5.74, 6) is 0.418. The molecule has 4 heteroatoms. The molecule has 0 aromatic rings. The second kappa shape index (κ2) is 2.97. The number of nitrogens with two attached hydrogens (primary N) is 1. The van der Waals surface area contributed by atoms with E-state index in [-0.39, 0.29) is 10.8 Å². The van der Waals surface area contributed by atoms with Crippen molar-refractivity contribution in [2.45, 2.75) is 34.6 Å². The Bertz CT molecular complexity index is 278.